The summed E-state index contributed by atoms with van der Waals surface area (Å²) in [5.74, 6) is 0. The molecule has 1 aliphatic rings. The van der Waals surface area contributed by atoms with E-state index < -0.39 is 0 Å². The van der Waals surface area contributed by atoms with E-state index in [-0.39, 0.29) is 5.41 Å². The molecule has 1 aliphatic heterocycles. The highest BCUT2D eigenvalue weighted by Crippen LogP contribution is 2.32. The van der Waals surface area contributed by atoms with E-state index in [4.69, 9.17) is 0 Å². The fourth-order valence-corrected chi connectivity index (χ4v) is 3.42. The second-order valence-electron chi connectivity index (χ2n) is 5.35. The van der Waals surface area contributed by atoms with Crippen molar-refractivity contribution in [3.63, 3.8) is 0 Å². The number of aromatic nitrogens is 2. The highest BCUT2D eigenvalue weighted by Gasteiger charge is 2.31. The predicted octanol–water partition coefficient (Wildman–Crippen LogP) is 2.63. The Morgan fingerprint density at radius 2 is 2.28 bits per heavy atom. The van der Waals surface area contributed by atoms with Crippen LogP contribution in [0.2, 0.25) is 0 Å². The topological polar surface area (TPSA) is 29.9 Å². The largest absolute Gasteiger partial charge is 0.330 e. The molecule has 18 heavy (non-hydrogen) atoms. The van der Waals surface area contributed by atoms with Crippen molar-refractivity contribution in [2.45, 2.75) is 31.7 Å². The van der Waals surface area contributed by atoms with Gasteiger partial charge in [0, 0.05) is 23.9 Å². The number of nitrogens with one attached hydrogen (secondary N) is 1. The molecule has 1 saturated heterocycles. The van der Waals surface area contributed by atoms with E-state index in [1.165, 1.54) is 24.1 Å². The van der Waals surface area contributed by atoms with E-state index in [9.17, 15) is 0 Å². The van der Waals surface area contributed by atoms with Gasteiger partial charge in [-0.15, -0.1) is 0 Å². The molecule has 2 aromatic rings. The van der Waals surface area contributed by atoms with E-state index in [2.05, 4.69) is 44.8 Å². The minimum absolute atomic E-state index is 0.276. The summed E-state index contributed by atoms with van der Waals surface area (Å²) in [4.78, 5) is 4.37. The van der Waals surface area contributed by atoms with Crippen LogP contribution in [-0.2, 0) is 12.0 Å². The molecule has 0 unspecified atom stereocenters. The van der Waals surface area contributed by atoms with E-state index in [0.29, 0.717) is 0 Å². The molecule has 1 N–H and O–H groups in total. The van der Waals surface area contributed by atoms with Gasteiger partial charge >= 0.3 is 0 Å². The van der Waals surface area contributed by atoms with Crippen LogP contribution in [0, 0.1) is 0 Å². The third kappa shape index (κ3) is 2.22. The molecular formula is C14H19N3S. The summed E-state index contributed by atoms with van der Waals surface area (Å²) in [6.45, 7) is 5.54. The maximum absolute atomic E-state index is 4.37. The maximum Gasteiger partial charge on any atom is 0.0951 e. The summed E-state index contributed by atoms with van der Waals surface area (Å²) < 4.78 is 2.31. The minimum atomic E-state index is 0.276. The molecule has 1 fully saturated rings. The van der Waals surface area contributed by atoms with Gasteiger partial charge in [0.2, 0.25) is 0 Å². The molecular weight excluding hydrogens is 242 g/mol. The molecule has 0 aromatic carbocycles. The van der Waals surface area contributed by atoms with Crippen molar-refractivity contribution in [1.29, 1.82) is 0 Å². The number of thiophene rings is 1. The lowest BCUT2D eigenvalue weighted by atomic mass is 9.78. The number of imidazole rings is 1. The quantitative estimate of drug-likeness (QED) is 0.920. The van der Waals surface area contributed by atoms with Crippen LogP contribution in [0.4, 0.5) is 0 Å². The van der Waals surface area contributed by atoms with Gasteiger partial charge in [-0.3, -0.25) is 0 Å². The Morgan fingerprint density at radius 3 is 3.00 bits per heavy atom. The fourth-order valence-electron chi connectivity index (χ4n) is 2.76. The van der Waals surface area contributed by atoms with Crippen LogP contribution in [0.1, 0.15) is 31.0 Å². The summed E-state index contributed by atoms with van der Waals surface area (Å²) in [7, 11) is 0. The van der Waals surface area contributed by atoms with Crippen LogP contribution in [0.25, 0.3) is 0 Å². The smallest absolute Gasteiger partial charge is 0.0951 e. The summed E-state index contributed by atoms with van der Waals surface area (Å²) in [6.07, 6.45) is 6.42. The van der Waals surface area contributed by atoms with E-state index in [1.807, 2.05) is 6.33 Å². The number of nitrogens with zero attached hydrogens (tertiary/aromatic N) is 2. The first-order valence-corrected chi connectivity index (χ1v) is 7.45. The van der Waals surface area contributed by atoms with E-state index in [1.54, 1.807) is 11.3 Å². The molecule has 2 aromatic heterocycles. The van der Waals surface area contributed by atoms with Gasteiger partial charge in [0.15, 0.2) is 0 Å². The van der Waals surface area contributed by atoms with Gasteiger partial charge in [0.1, 0.15) is 0 Å². The van der Waals surface area contributed by atoms with Crippen molar-refractivity contribution >= 4 is 11.3 Å². The van der Waals surface area contributed by atoms with Gasteiger partial charge in [0.05, 0.1) is 6.33 Å². The maximum atomic E-state index is 4.37. The van der Waals surface area contributed by atoms with Crippen molar-refractivity contribution < 1.29 is 0 Å². The minimum Gasteiger partial charge on any atom is -0.330 e. The molecule has 0 bridgehead atoms. The molecule has 0 amide bonds. The van der Waals surface area contributed by atoms with Crippen molar-refractivity contribution in [3.8, 4) is 0 Å². The van der Waals surface area contributed by atoms with Crippen LogP contribution in [-0.4, -0.2) is 22.6 Å². The van der Waals surface area contributed by atoms with Crippen LogP contribution in [0.3, 0.4) is 0 Å². The zero-order valence-electron chi connectivity index (χ0n) is 10.7. The molecule has 0 spiro atoms. The van der Waals surface area contributed by atoms with Gasteiger partial charge in [0.25, 0.3) is 0 Å². The number of rotatable bonds is 3. The Morgan fingerprint density at radius 1 is 1.44 bits per heavy atom. The third-order valence-electron chi connectivity index (χ3n) is 3.97. The summed E-state index contributed by atoms with van der Waals surface area (Å²) in [6, 6.07) is 2.19. The predicted molar refractivity (Wildman–Crippen MR) is 75.1 cm³/mol. The van der Waals surface area contributed by atoms with Gasteiger partial charge in [-0.1, -0.05) is 6.92 Å². The molecule has 3 rings (SSSR count). The van der Waals surface area contributed by atoms with Crippen molar-refractivity contribution in [2.24, 2.45) is 0 Å². The monoisotopic (exact) mass is 261 g/mol. The lowest BCUT2D eigenvalue weighted by molar-refractivity contribution is 0.318. The molecule has 3 nitrogen and oxygen atoms in total. The lowest BCUT2D eigenvalue weighted by Gasteiger charge is -2.34. The Hall–Kier alpha value is -1.13. The number of piperidine rings is 1. The average Bonchev–Trinajstić information content (AvgIpc) is 3.02. The van der Waals surface area contributed by atoms with Crippen LogP contribution in [0.5, 0.6) is 0 Å². The van der Waals surface area contributed by atoms with Crippen molar-refractivity contribution in [3.05, 3.63) is 40.6 Å². The molecule has 0 radical (unpaired) electrons. The van der Waals surface area contributed by atoms with Crippen molar-refractivity contribution in [1.82, 2.24) is 14.9 Å². The molecule has 0 aliphatic carbocycles. The van der Waals surface area contributed by atoms with Crippen LogP contribution < -0.4 is 5.32 Å². The van der Waals surface area contributed by atoms with Crippen LogP contribution >= 0.6 is 11.3 Å². The Labute approximate surface area is 112 Å². The zero-order valence-corrected chi connectivity index (χ0v) is 11.5. The first kappa shape index (κ1) is 11.9. The Bertz CT molecular complexity index is 495. The third-order valence-corrected chi connectivity index (χ3v) is 4.70. The Balaban J connectivity index is 1.86. The first-order valence-electron chi connectivity index (χ1n) is 6.50. The second-order valence-corrected chi connectivity index (χ2v) is 6.13. The van der Waals surface area contributed by atoms with Crippen LogP contribution in [0.15, 0.2) is 29.4 Å². The Kier molecular flexibility index (Phi) is 3.22. The van der Waals surface area contributed by atoms with Gasteiger partial charge in [-0.2, -0.15) is 11.3 Å². The molecule has 3 heterocycles. The lowest BCUT2D eigenvalue weighted by Crippen LogP contribution is -2.39. The molecule has 96 valence electrons. The van der Waals surface area contributed by atoms with E-state index >= 15 is 0 Å². The average molecular weight is 261 g/mol. The highest BCUT2D eigenvalue weighted by molar-refractivity contribution is 7.07. The van der Waals surface area contributed by atoms with Gasteiger partial charge < -0.3 is 9.88 Å². The standard InChI is InChI=1S/C14H19N3S/c1-14(3-5-15-6-4-14)13-8-16-11-17(13)9-12-2-7-18-10-12/h2,7-8,10-11,15H,3-6,9H2,1H3. The second kappa shape index (κ2) is 4.86. The van der Waals surface area contributed by atoms with Gasteiger partial charge in [-0.25, -0.2) is 4.98 Å². The fraction of sp³-hybridized carbons (Fsp3) is 0.500. The normalized spacial score (nSPS) is 18.9. The van der Waals surface area contributed by atoms with E-state index in [0.717, 1.165) is 19.6 Å². The molecule has 0 atom stereocenters. The first-order chi connectivity index (χ1) is 8.78. The summed E-state index contributed by atoms with van der Waals surface area (Å²) >= 11 is 1.76. The summed E-state index contributed by atoms with van der Waals surface area (Å²) in [5, 5.41) is 7.79. The van der Waals surface area contributed by atoms with Gasteiger partial charge in [-0.05, 0) is 48.3 Å². The number of hydrogen-bond donors (Lipinski definition) is 1. The SMILES string of the molecule is CC1(c2cncn2Cc2ccsc2)CCNCC1. The highest BCUT2D eigenvalue weighted by atomic mass is 32.1. The number of hydrogen-bond acceptors (Lipinski definition) is 3. The molecule has 0 saturated carbocycles. The van der Waals surface area contributed by atoms with Crippen molar-refractivity contribution in [2.75, 3.05) is 13.1 Å². The zero-order chi connectivity index (χ0) is 12.4. The summed E-state index contributed by atoms with van der Waals surface area (Å²) in [5.41, 5.74) is 3.03. The molecule has 4 heteroatoms.